The van der Waals surface area contributed by atoms with Crippen LogP contribution in [0.3, 0.4) is 0 Å². The molecule has 0 heterocycles. The van der Waals surface area contributed by atoms with Gasteiger partial charge in [0.05, 0.1) is 12.7 Å². The molecule has 0 spiro atoms. The van der Waals surface area contributed by atoms with Crippen LogP contribution >= 0.6 is 0 Å². The maximum absolute atomic E-state index is 11.2. The summed E-state index contributed by atoms with van der Waals surface area (Å²) >= 11 is 0. The largest absolute Gasteiger partial charge is 0.465 e. The molecule has 14 heavy (non-hydrogen) atoms. The molecule has 0 fully saturated rings. The van der Waals surface area contributed by atoms with Crippen molar-refractivity contribution >= 4 is 11.7 Å². The molecule has 1 aromatic carbocycles. The number of terminal acetylenes is 1. The summed E-state index contributed by atoms with van der Waals surface area (Å²) in [4.78, 5) is 11.2. The van der Waals surface area contributed by atoms with Crippen LogP contribution in [-0.2, 0) is 4.74 Å². The van der Waals surface area contributed by atoms with Gasteiger partial charge in [0, 0.05) is 11.3 Å². The highest BCUT2D eigenvalue weighted by atomic mass is 16.5. The molecule has 1 aromatic rings. The molecule has 0 saturated carbocycles. The van der Waals surface area contributed by atoms with Crippen molar-refractivity contribution in [2.24, 2.45) is 0 Å². The maximum atomic E-state index is 11.2. The smallest absolute Gasteiger partial charge is 0.339 e. The van der Waals surface area contributed by atoms with Gasteiger partial charge in [0.2, 0.25) is 0 Å². The Morgan fingerprint density at radius 2 is 2.21 bits per heavy atom. The average Bonchev–Trinajstić information content (AvgIpc) is 2.17. The summed E-state index contributed by atoms with van der Waals surface area (Å²) in [5.74, 6) is 2.01. The Morgan fingerprint density at radius 1 is 1.57 bits per heavy atom. The third-order valence-electron chi connectivity index (χ3n) is 1.96. The minimum Gasteiger partial charge on any atom is -0.465 e. The second-order valence-electron chi connectivity index (χ2n) is 2.89. The van der Waals surface area contributed by atoms with Crippen LogP contribution in [0, 0.1) is 19.3 Å². The predicted octanol–water partition coefficient (Wildman–Crippen LogP) is 1.35. The predicted molar refractivity (Wildman–Crippen MR) is 54.9 cm³/mol. The summed E-state index contributed by atoms with van der Waals surface area (Å²) in [6.45, 7) is 1.84. The third-order valence-corrected chi connectivity index (χ3v) is 1.96. The fraction of sp³-hybridized carbons (Fsp3) is 0.182. The van der Waals surface area contributed by atoms with Crippen LogP contribution in [0.4, 0.5) is 5.69 Å². The van der Waals surface area contributed by atoms with E-state index in [2.05, 4.69) is 10.7 Å². The number of carbonyl (C=O) groups excluding carboxylic acids is 1. The van der Waals surface area contributed by atoms with Crippen molar-refractivity contribution in [3.63, 3.8) is 0 Å². The average molecular weight is 189 g/mol. The number of benzene rings is 1. The van der Waals surface area contributed by atoms with Crippen molar-refractivity contribution in [3.8, 4) is 12.3 Å². The van der Waals surface area contributed by atoms with Gasteiger partial charge in [-0.1, -0.05) is 5.92 Å². The Balaban J connectivity index is 3.33. The minimum absolute atomic E-state index is 0.311. The summed E-state index contributed by atoms with van der Waals surface area (Å²) in [7, 11) is 1.30. The van der Waals surface area contributed by atoms with E-state index in [-0.39, 0.29) is 0 Å². The first-order chi connectivity index (χ1) is 6.60. The first kappa shape index (κ1) is 10.1. The van der Waals surface area contributed by atoms with Crippen LogP contribution in [0.25, 0.3) is 0 Å². The zero-order valence-corrected chi connectivity index (χ0v) is 8.13. The number of rotatable bonds is 1. The number of hydrogen-bond acceptors (Lipinski definition) is 3. The van der Waals surface area contributed by atoms with Crippen LogP contribution < -0.4 is 5.73 Å². The summed E-state index contributed by atoms with van der Waals surface area (Å²) < 4.78 is 4.57. The number of esters is 1. The van der Waals surface area contributed by atoms with E-state index < -0.39 is 5.97 Å². The molecular formula is C11H11NO2. The number of methoxy groups -OCH3 is 1. The van der Waals surface area contributed by atoms with E-state index in [0.717, 1.165) is 5.56 Å². The number of aryl methyl sites for hydroxylation is 1. The van der Waals surface area contributed by atoms with Crippen LogP contribution in [0.5, 0.6) is 0 Å². The van der Waals surface area contributed by atoms with E-state index in [1.165, 1.54) is 7.11 Å². The molecule has 0 saturated heterocycles. The lowest BCUT2D eigenvalue weighted by Crippen LogP contribution is -2.06. The highest BCUT2D eigenvalue weighted by Gasteiger charge is 2.11. The molecule has 1 rings (SSSR count). The van der Waals surface area contributed by atoms with Crippen LogP contribution in [0.15, 0.2) is 12.1 Å². The number of nitrogen functional groups attached to an aromatic ring is 1. The molecule has 0 radical (unpaired) electrons. The van der Waals surface area contributed by atoms with E-state index >= 15 is 0 Å². The van der Waals surface area contributed by atoms with Crippen molar-refractivity contribution in [1.82, 2.24) is 0 Å². The fourth-order valence-electron chi connectivity index (χ4n) is 1.17. The summed E-state index contributed by atoms with van der Waals surface area (Å²) in [5, 5.41) is 0. The molecule has 72 valence electrons. The molecule has 0 amide bonds. The molecule has 3 nitrogen and oxygen atoms in total. The van der Waals surface area contributed by atoms with Gasteiger partial charge < -0.3 is 10.5 Å². The van der Waals surface area contributed by atoms with Gasteiger partial charge in [0.1, 0.15) is 0 Å². The quantitative estimate of drug-likeness (QED) is 0.412. The topological polar surface area (TPSA) is 52.3 Å². The van der Waals surface area contributed by atoms with Crippen molar-refractivity contribution < 1.29 is 9.53 Å². The molecule has 0 aliphatic heterocycles. The van der Waals surface area contributed by atoms with E-state index in [9.17, 15) is 4.79 Å². The van der Waals surface area contributed by atoms with E-state index in [4.69, 9.17) is 12.2 Å². The van der Waals surface area contributed by atoms with Crippen molar-refractivity contribution in [1.29, 1.82) is 0 Å². The summed E-state index contributed by atoms with van der Waals surface area (Å²) in [6, 6.07) is 3.23. The number of anilines is 1. The van der Waals surface area contributed by atoms with Gasteiger partial charge in [-0.05, 0) is 24.6 Å². The molecular weight excluding hydrogens is 178 g/mol. The number of ether oxygens (including phenoxy) is 1. The molecule has 0 atom stereocenters. The van der Waals surface area contributed by atoms with Crippen molar-refractivity contribution in [2.75, 3.05) is 12.8 Å². The minimum atomic E-state index is -0.473. The van der Waals surface area contributed by atoms with Gasteiger partial charge in [-0.3, -0.25) is 0 Å². The normalized spacial score (nSPS) is 9.21. The van der Waals surface area contributed by atoms with Crippen LogP contribution in [-0.4, -0.2) is 13.1 Å². The number of carbonyl (C=O) groups is 1. The van der Waals surface area contributed by atoms with Gasteiger partial charge in [-0.25, -0.2) is 4.79 Å². The van der Waals surface area contributed by atoms with Gasteiger partial charge in [-0.2, -0.15) is 0 Å². The standard InChI is InChI=1S/C11H11NO2/c1-4-8-6-9(11(13)14-3)10(12)5-7(8)2/h1,5-6H,12H2,2-3H3. The molecule has 3 heteroatoms. The molecule has 0 aliphatic carbocycles. The monoisotopic (exact) mass is 189 g/mol. The van der Waals surface area contributed by atoms with Gasteiger partial charge >= 0.3 is 5.97 Å². The SMILES string of the molecule is C#Cc1cc(C(=O)OC)c(N)cc1C. The molecule has 0 bridgehead atoms. The first-order valence-electron chi connectivity index (χ1n) is 4.05. The zero-order valence-electron chi connectivity index (χ0n) is 8.13. The van der Waals surface area contributed by atoms with Crippen molar-refractivity contribution in [3.05, 3.63) is 28.8 Å². The van der Waals surface area contributed by atoms with Crippen molar-refractivity contribution in [2.45, 2.75) is 6.92 Å². The third kappa shape index (κ3) is 1.69. The first-order valence-corrected chi connectivity index (χ1v) is 4.05. The van der Waals surface area contributed by atoms with Crippen LogP contribution in [0.1, 0.15) is 21.5 Å². The Morgan fingerprint density at radius 3 is 2.71 bits per heavy atom. The van der Waals surface area contributed by atoms with Crippen LogP contribution in [0.2, 0.25) is 0 Å². The Bertz CT molecular complexity index is 416. The Kier molecular flexibility index (Phi) is 2.78. The van der Waals surface area contributed by atoms with Gasteiger partial charge in [0.15, 0.2) is 0 Å². The highest BCUT2D eigenvalue weighted by Crippen LogP contribution is 2.18. The van der Waals surface area contributed by atoms with Gasteiger partial charge in [-0.15, -0.1) is 6.42 Å². The fourth-order valence-corrected chi connectivity index (χ4v) is 1.17. The second kappa shape index (κ2) is 3.84. The molecule has 0 aromatic heterocycles. The maximum Gasteiger partial charge on any atom is 0.339 e. The number of nitrogens with two attached hydrogens (primary N) is 1. The summed E-state index contributed by atoms with van der Waals surface area (Å²) in [6.07, 6.45) is 5.27. The Hall–Kier alpha value is -1.95. The lowest BCUT2D eigenvalue weighted by Gasteiger charge is -2.06. The highest BCUT2D eigenvalue weighted by molar-refractivity contribution is 5.95. The van der Waals surface area contributed by atoms with E-state index in [0.29, 0.717) is 16.8 Å². The van der Waals surface area contributed by atoms with E-state index in [1.807, 2.05) is 6.92 Å². The van der Waals surface area contributed by atoms with E-state index in [1.54, 1.807) is 12.1 Å². The zero-order chi connectivity index (χ0) is 10.7. The molecule has 2 N–H and O–H groups in total. The second-order valence-corrected chi connectivity index (χ2v) is 2.89. The molecule has 0 unspecified atom stereocenters. The molecule has 0 aliphatic rings. The lowest BCUT2D eigenvalue weighted by molar-refractivity contribution is 0.0602. The Labute approximate surface area is 82.9 Å². The summed E-state index contributed by atoms with van der Waals surface area (Å²) in [5.41, 5.74) is 7.87. The van der Waals surface area contributed by atoms with Gasteiger partial charge in [0.25, 0.3) is 0 Å². The lowest BCUT2D eigenvalue weighted by atomic mass is 10.0. The number of hydrogen-bond donors (Lipinski definition) is 1.